The molecule has 0 heterocycles. The smallest absolute Gasteiger partial charge is 0.328 e. The van der Waals surface area contributed by atoms with Crippen LogP contribution in [0, 0.1) is 17.3 Å². The Hall–Kier alpha value is -1.32. The predicted molar refractivity (Wildman–Crippen MR) is 83.7 cm³/mol. The van der Waals surface area contributed by atoms with Crippen molar-refractivity contribution < 1.29 is 14.3 Å². The van der Waals surface area contributed by atoms with Gasteiger partial charge in [0.2, 0.25) is 5.91 Å². The SMILES string of the molecule is C=C(C)C1CCC(C)(C)CC1C(=O)N[C@@H](C)C(=O)OCC. The van der Waals surface area contributed by atoms with Crippen LogP contribution in [-0.2, 0) is 14.3 Å². The number of esters is 1. The average molecular weight is 295 g/mol. The van der Waals surface area contributed by atoms with Crippen LogP contribution in [0.3, 0.4) is 0 Å². The number of hydrogen-bond donors (Lipinski definition) is 1. The minimum Gasteiger partial charge on any atom is -0.464 e. The molecule has 1 N–H and O–H groups in total. The van der Waals surface area contributed by atoms with Crippen molar-refractivity contribution in [3.8, 4) is 0 Å². The van der Waals surface area contributed by atoms with Gasteiger partial charge in [-0.1, -0.05) is 26.0 Å². The summed E-state index contributed by atoms with van der Waals surface area (Å²) in [6, 6.07) is -0.603. The molecule has 3 atom stereocenters. The molecule has 1 amide bonds. The van der Waals surface area contributed by atoms with E-state index in [2.05, 4.69) is 25.7 Å². The summed E-state index contributed by atoms with van der Waals surface area (Å²) in [5, 5.41) is 2.80. The number of carbonyl (C=O) groups excluding carboxylic acids is 2. The van der Waals surface area contributed by atoms with E-state index in [9.17, 15) is 9.59 Å². The molecule has 0 aromatic heterocycles. The van der Waals surface area contributed by atoms with Gasteiger partial charge in [-0.25, -0.2) is 4.79 Å². The highest BCUT2D eigenvalue weighted by Gasteiger charge is 2.39. The molecule has 0 radical (unpaired) electrons. The number of nitrogens with one attached hydrogen (secondary N) is 1. The lowest BCUT2D eigenvalue weighted by Gasteiger charge is -2.40. The molecule has 0 aromatic rings. The normalized spacial score (nSPS) is 25.8. The highest BCUT2D eigenvalue weighted by Crippen LogP contribution is 2.44. The van der Waals surface area contributed by atoms with Crippen molar-refractivity contribution in [3.05, 3.63) is 12.2 Å². The first-order chi connectivity index (χ1) is 9.68. The van der Waals surface area contributed by atoms with E-state index in [1.807, 2.05) is 6.92 Å². The van der Waals surface area contributed by atoms with E-state index >= 15 is 0 Å². The van der Waals surface area contributed by atoms with Gasteiger partial charge in [-0.15, -0.1) is 0 Å². The van der Waals surface area contributed by atoms with Crippen molar-refractivity contribution >= 4 is 11.9 Å². The summed E-state index contributed by atoms with van der Waals surface area (Å²) in [6.07, 6.45) is 2.90. The molecule has 120 valence electrons. The molecule has 1 aliphatic carbocycles. The van der Waals surface area contributed by atoms with E-state index in [-0.39, 0.29) is 29.1 Å². The van der Waals surface area contributed by atoms with Crippen LogP contribution < -0.4 is 5.32 Å². The molecule has 1 fully saturated rings. The Morgan fingerprint density at radius 3 is 2.52 bits per heavy atom. The van der Waals surface area contributed by atoms with Gasteiger partial charge in [-0.2, -0.15) is 0 Å². The second kappa shape index (κ2) is 7.10. The lowest BCUT2D eigenvalue weighted by Crippen LogP contribution is -2.47. The van der Waals surface area contributed by atoms with Gasteiger partial charge in [-0.3, -0.25) is 4.79 Å². The second-order valence-electron chi connectivity index (χ2n) is 6.95. The first kappa shape index (κ1) is 17.7. The van der Waals surface area contributed by atoms with Crippen molar-refractivity contribution in [3.63, 3.8) is 0 Å². The monoisotopic (exact) mass is 295 g/mol. The molecular weight excluding hydrogens is 266 g/mol. The van der Waals surface area contributed by atoms with Crippen LogP contribution in [0.4, 0.5) is 0 Å². The van der Waals surface area contributed by atoms with E-state index in [1.165, 1.54) is 0 Å². The number of allylic oxidation sites excluding steroid dienone is 1. The minimum atomic E-state index is -0.603. The molecule has 1 aliphatic rings. The maximum absolute atomic E-state index is 12.6. The molecule has 1 rings (SSSR count). The zero-order valence-corrected chi connectivity index (χ0v) is 14.0. The Labute approximate surface area is 128 Å². The van der Waals surface area contributed by atoms with E-state index in [0.29, 0.717) is 6.61 Å². The van der Waals surface area contributed by atoms with Gasteiger partial charge in [-0.05, 0) is 51.4 Å². The molecule has 2 unspecified atom stereocenters. The van der Waals surface area contributed by atoms with E-state index < -0.39 is 6.04 Å². The molecule has 1 saturated carbocycles. The van der Waals surface area contributed by atoms with Gasteiger partial charge < -0.3 is 10.1 Å². The molecule has 0 spiro atoms. The van der Waals surface area contributed by atoms with E-state index in [4.69, 9.17) is 4.74 Å². The Bertz CT molecular complexity index is 414. The second-order valence-corrected chi connectivity index (χ2v) is 6.95. The number of hydrogen-bond acceptors (Lipinski definition) is 3. The topological polar surface area (TPSA) is 55.4 Å². The fourth-order valence-electron chi connectivity index (χ4n) is 3.10. The largest absolute Gasteiger partial charge is 0.464 e. The Morgan fingerprint density at radius 2 is 2.00 bits per heavy atom. The summed E-state index contributed by atoms with van der Waals surface area (Å²) >= 11 is 0. The molecule has 0 bridgehead atoms. The van der Waals surface area contributed by atoms with Crippen LogP contribution in [0.1, 0.15) is 53.9 Å². The first-order valence-corrected chi connectivity index (χ1v) is 7.80. The number of ether oxygens (including phenoxy) is 1. The molecule has 0 saturated heterocycles. The molecular formula is C17H29NO3. The van der Waals surface area contributed by atoms with Crippen LogP contribution in [0.5, 0.6) is 0 Å². The van der Waals surface area contributed by atoms with Gasteiger partial charge in [0.15, 0.2) is 0 Å². The molecule has 0 aromatic carbocycles. The quantitative estimate of drug-likeness (QED) is 0.626. The van der Waals surface area contributed by atoms with Crippen LogP contribution >= 0.6 is 0 Å². The molecule has 21 heavy (non-hydrogen) atoms. The number of amides is 1. The predicted octanol–water partition coefficient (Wildman–Crippen LogP) is 3.07. The van der Waals surface area contributed by atoms with Crippen molar-refractivity contribution in [2.45, 2.75) is 59.9 Å². The lowest BCUT2D eigenvalue weighted by molar-refractivity contribution is -0.147. The molecule has 4 nitrogen and oxygen atoms in total. The highest BCUT2D eigenvalue weighted by molar-refractivity contribution is 5.86. The van der Waals surface area contributed by atoms with Crippen molar-refractivity contribution in [2.24, 2.45) is 17.3 Å². The zero-order chi connectivity index (χ0) is 16.2. The van der Waals surface area contributed by atoms with Crippen LogP contribution in [0.15, 0.2) is 12.2 Å². The Balaban J connectivity index is 2.76. The summed E-state index contributed by atoms with van der Waals surface area (Å²) in [5.74, 6) is -0.348. The summed E-state index contributed by atoms with van der Waals surface area (Å²) in [7, 11) is 0. The van der Waals surface area contributed by atoms with E-state index in [1.54, 1.807) is 13.8 Å². The molecule has 4 heteroatoms. The van der Waals surface area contributed by atoms with Crippen LogP contribution in [0.2, 0.25) is 0 Å². The lowest BCUT2D eigenvalue weighted by atomic mass is 9.65. The standard InChI is InChI=1S/C17H29NO3/c1-7-21-16(20)12(4)18-15(19)14-10-17(5,6)9-8-13(14)11(2)3/h12-14H,2,7-10H2,1,3-6H3,(H,18,19)/t12-,13?,14?/m0/s1. The minimum absolute atomic E-state index is 0.0590. The number of carbonyl (C=O) groups is 2. The first-order valence-electron chi connectivity index (χ1n) is 7.80. The van der Waals surface area contributed by atoms with Crippen molar-refractivity contribution in [1.82, 2.24) is 5.32 Å². The average Bonchev–Trinajstić information content (AvgIpc) is 2.37. The van der Waals surface area contributed by atoms with Crippen LogP contribution in [-0.4, -0.2) is 24.5 Å². The summed E-state index contributed by atoms with van der Waals surface area (Å²) in [6.45, 7) is 14.1. The third-order valence-corrected chi connectivity index (χ3v) is 4.36. The molecule has 0 aliphatic heterocycles. The van der Waals surface area contributed by atoms with Gasteiger partial charge in [0, 0.05) is 5.92 Å². The maximum Gasteiger partial charge on any atom is 0.328 e. The van der Waals surface area contributed by atoms with Crippen LogP contribution in [0.25, 0.3) is 0 Å². The third-order valence-electron chi connectivity index (χ3n) is 4.36. The van der Waals surface area contributed by atoms with Gasteiger partial charge in [0.1, 0.15) is 6.04 Å². The summed E-state index contributed by atoms with van der Waals surface area (Å²) in [4.78, 5) is 24.2. The summed E-state index contributed by atoms with van der Waals surface area (Å²) in [5.41, 5.74) is 1.20. The highest BCUT2D eigenvalue weighted by atomic mass is 16.5. The van der Waals surface area contributed by atoms with Crippen molar-refractivity contribution in [2.75, 3.05) is 6.61 Å². The van der Waals surface area contributed by atoms with E-state index in [0.717, 1.165) is 24.8 Å². The number of rotatable bonds is 5. The zero-order valence-electron chi connectivity index (χ0n) is 14.0. The Morgan fingerprint density at radius 1 is 1.38 bits per heavy atom. The fourth-order valence-corrected chi connectivity index (χ4v) is 3.10. The fraction of sp³-hybridized carbons (Fsp3) is 0.765. The Kier molecular flexibility index (Phi) is 5.99. The van der Waals surface area contributed by atoms with Crippen molar-refractivity contribution in [1.29, 1.82) is 0 Å². The summed E-state index contributed by atoms with van der Waals surface area (Å²) < 4.78 is 4.94. The van der Waals surface area contributed by atoms with Gasteiger partial charge in [0.05, 0.1) is 6.61 Å². The van der Waals surface area contributed by atoms with Gasteiger partial charge in [0.25, 0.3) is 0 Å². The third kappa shape index (κ3) is 4.87. The maximum atomic E-state index is 12.6. The van der Waals surface area contributed by atoms with Gasteiger partial charge >= 0.3 is 5.97 Å².